The van der Waals surface area contributed by atoms with E-state index in [4.69, 9.17) is 4.98 Å². The first-order valence-corrected chi connectivity index (χ1v) is 11.2. The van der Waals surface area contributed by atoms with Gasteiger partial charge in [0.1, 0.15) is 5.82 Å². The molecule has 5 nitrogen and oxygen atoms in total. The fourth-order valence-corrected chi connectivity index (χ4v) is 3.79. The lowest BCUT2D eigenvalue weighted by molar-refractivity contribution is 0.102. The second-order valence-corrected chi connectivity index (χ2v) is 7.87. The fourth-order valence-electron chi connectivity index (χ4n) is 3.79. The van der Waals surface area contributed by atoms with Crippen molar-refractivity contribution in [1.29, 1.82) is 0 Å². The number of hydrogen-bond donors (Lipinski definition) is 1. The maximum Gasteiger partial charge on any atom is 0.256 e. The van der Waals surface area contributed by atoms with Crippen LogP contribution < -0.4 is 5.32 Å². The average molecular weight is 456 g/mol. The predicted octanol–water partition coefficient (Wildman–Crippen LogP) is 6.29. The van der Waals surface area contributed by atoms with Gasteiger partial charge in [-0.2, -0.15) is 0 Å². The van der Waals surface area contributed by atoms with Gasteiger partial charge in [-0.05, 0) is 12.1 Å². The third kappa shape index (κ3) is 4.75. The third-order valence-electron chi connectivity index (χ3n) is 5.52. The highest BCUT2D eigenvalue weighted by Crippen LogP contribution is 2.32. The van der Waals surface area contributed by atoms with E-state index in [0.29, 0.717) is 22.6 Å². The molecule has 1 heterocycles. The third-order valence-corrected chi connectivity index (χ3v) is 5.52. The molecule has 0 radical (unpaired) electrons. The number of nitrogens with zero attached hydrogens (tertiary/aromatic N) is 2. The van der Waals surface area contributed by atoms with Gasteiger partial charge in [-0.15, -0.1) is 0 Å². The van der Waals surface area contributed by atoms with Crippen LogP contribution >= 0.6 is 0 Å². The van der Waals surface area contributed by atoms with E-state index in [2.05, 4.69) is 10.3 Å². The molecule has 0 bridgehead atoms. The standard InChI is InChI=1S/C30H21N3O2/c34-27(22-15-7-2-8-16-22)25-26(21-13-5-1-6-14-21)31-28(23-17-9-3-10-18-23)32-29(25)33-30(35)24-19-11-4-12-20-24/h1-20H,(H,31,32,33,35). The van der Waals surface area contributed by atoms with Crippen LogP contribution in [0.5, 0.6) is 0 Å². The van der Waals surface area contributed by atoms with Crippen LogP contribution in [0.15, 0.2) is 121 Å². The van der Waals surface area contributed by atoms with Crippen LogP contribution in [0.1, 0.15) is 26.3 Å². The Labute approximate surface area is 203 Å². The molecule has 0 spiro atoms. The summed E-state index contributed by atoms with van der Waals surface area (Å²) in [5.41, 5.74) is 3.17. The van der Waals surface area contributed by atoms with Crippen LogP contribution in [0.25, 0.3) is 22.6 Å². The van der Waals surface area contributed by atoms with Crippen molar-refractivity contribution in [1.82, 2.24) is 9.97 Å². The van der Waals surface area contributed by atoms with Crippen LogP contribution in [0, 0.1) is 0 Å². The van der Waals surface area contributed by atoms with E-state index < -0.39 is 0 Å². The summed E-state index contributed by atoms with van der Waals surface area (Å²) in [6.45, 7) is 0. The fraction of sp³-hybridized carbons (Fsp3) is 0. The van der Waals surface area contributed by atoms with Gasteiger partial charge in [0, 0.05) is 22.3 Å². The second-order valence-electron chi connectivity index (χ2n) is 7.87. The Morgan fingerprint density at radius 1 is 0.543 bits per heavy atom. The summed E-state index contributed by atoms with van der Waals surface area (Å²) >= 11 is 0. The van der Waals surface area contributed by atoms with Crippen molar-refractivity contribution in [2.45, 2.75) is 0 Å². The molecule has 1 N–H and O–H groups in total. The van der Waals surface area contributed by atoms with Gasteiger partial charge >= 0.3 is 0 Å². The van der Waals surface area contributed by atoms with Gasteiger partial charge in [0.05, 0.1) is 11.3 Å². The number of nitrogens with one attached hydrogen (secondary N) is 1. The SMILES string of the molecule is O=C(Nc1nc(-c2ccccc2)nc(-c2ccccc2)c1C(=O)c1ccccc1)c1ccccc1. The maximum atomic E-state index is 13.8. The molecule has 0 unspecified atom stereocenters. The van der Waals surface area contributed by atoms with E-state index in [0.717, 1.165) is 11.1 Å². The molecule has 0 saturated carbocycles. The Kier molecular flexibility index (Phi) is 6.22. The first-order chi connectivity index (χ1) is 17.2. The molecule has 168 valence electrons. The summed E-state index contributed by atoms with van der Waals surface area (Å²) in [4.78, 5) is 36.4. The molecule has 0 aliphatic carbocycles. The van der Waals surface area contributed by atoms with Gasteiger partial charge in [-0.1, -0.05) is 109 Å². The predicted molar refractivity (Wildman–Crippen MR) is 137 cm³/mol. The lowest BCUT2D eigenvalue weighted by atomic mass is 9.97. The number of hydrogen-bond acceptors (Lipinski definition) is 4. The van der Waals surface area contributed by atoms with E-state index in [9.17, 15) is 9.59 Å². The molecule has 1 aromatic heterocycles. The van der Waals surface area contributed by atoms with Gasteiger partial charge in [0.2, 0.25) is 0 Å². The largest absolute Gasteiger partial charge is 0.306 e. The molecule has 4 aromatic carbocycles. The zero-order chi connectivity index (χ0) is 24.0. The topological polar surface area (TPSA) is 72.0 Å². The molecular weight excluding hydrogens is 434 g/mol. The van der Waals surface area contributed by atoms with Crippen LogP contribution in [-0.4, -0.2) is 21.7 Å². The zero-order valence-electron chi connectivity index (χ0n) is 18.8. The number of ketones is 1. The number of amides is 1. The Hall–Kier alpha value is -4.90. The van der Waals surface area contributed by atoms with Crippen molar-refractivity contribution in [3.8, 4) is 22.6 Å². The summed E-state index contributed by atoms with van der Waals surface area (Å²) in [6.07, 6.45) is 0. The smallest absolute Gasteiger partial charge is 0.256 e. The first kappa shape index (κ1) is 21.9. The summed E-state index contributed by atoms with van der Waals surface area (Å²) in [6, 6.07) is 36.7. The number of aromatic nitrogens is 2. The summed E-state index contributed by atoms with van der Waals surface area (Å²) in [7, 11) is 0. The number of carbonyl (C=O) groups excluding carboxylic acids is 2. The van der Waals surface area contributed by atoms with Crippen molar-refractivity contribution in [2.24, 2.45) is 0 Å². The Morgan fingerprint density at radius 3 is 1.60 bits per heavy atom. The molecule has 1 amide bonds. The van der Waals surface area contributed by atoms with E-state index >= 15 is 0 Å². The molecule has 35 heavy (non-hydrogen) atoms. The number of carbonyl (C=O) groups is 2. The lowest BCUT2D eigenvalue weighted by Crippen LogP contribution is -2.18. The quantitative estimate of drug-likeness (QED) is 0.305. The number of rotatable bonds is 6. The lowest BCUT2D eigenvalue weighted by Gasteiger charge is -2.16. The van der Waals surface area contributed by atoms with Crippen molar-refractivity contribution in [3.05, 3.63) is 138 Å². The van der Waals surface area contributed by atoms with Crippen LogP contribution in [-0.2, 0) is 0 Å². The summed E-state index contributed by atoms with van der Waals surface area (Å²) in [5, 5.41) is 2.89. The minimum Gasteiger partial charge on any atom is -0.306 e. The highest BCUT2D eigenvalue weighted by atomic mass is 16.2. The van der Waals surface area contributed by atoms with Crippen molar-refractivity contribution >= 4 is 17.5 Å². The minimum atomic E-state index is -0.357. The normalized spacial score (nSPS) is 10.5. The van der Waals surface area contributed by atoms with Crippen molar-refractivity contribution in [2.75, 3.05) is 5.32 Å². The Morgan fingerprint density at radius 2 is 1.03 bits per heavy atom. The molecule has 5 heteroatoms. The van der Waals surface area contributed by atoms with Crippen LogP contribution in [0.4, 0.5) is 5.82 Å². The minimum absolute atomic E-state index is 0.167. The Bertz CT molecular complexity index is 1470. The number of anilines is 1. The van der Waals surface area contributed by atoms with Gasteiger partial charge in [0.15, 0.2) is 11.6 Å². The molecule has 5 aromatic rings. The molecule has 0 saturated heterocycles. The highest BCUT2D eigenvalue weighted by molar-refractivity contribution is 6.17. The maximum absolute atomic E-state index is 13.8. The van der Waals surface area contributed by atoms with Crippen LogP contribution in [0.3, 0.4) is 0 Å². The van der Waals surface area contributed by atoms with E-state index in [-0.39, 0.29) is 23.1 Å². The van der Waals surface area contributed by atoms with E-state index in [1.54, 1.807) is 48.5 Å². The summed E-state index contributed by atoms with van der Waals surface area (Å²) in [5.74, 6) is -0.0466. The van der Waals surface area contributed by atoms with E-state index in [1.165, 1.54) is 0 Å². The Balaban J connectivity index is 1.74. The molecule has 0 aliphatic rings. The number of benzene rings is 4. The second kappa shape index (κ2) is 9.93. The van der Waals surface area contributed by atoms with Crippen molar-refractivity contribution in [3.63, 3.8) is 0 Å². The molecule has 0 aliphatic heterocycles. The zero-order valence-corrected chi connectivity index (χ0v) is 18.8. The van der Waals surface area contributed by atoms with E-state index in [1.807, 2.05) is 72.8 Å². The van der Waals surface area contributed by atoms with Gasteiger partial charge in [-0.25, -0.2) is 9.97 Å². The van der Waals surface area contributed by atoms with Gasteiger partial charge in [-0.3, -0.25) is 9.59 Å². The average Bonchev–Trinajstić information content (AvgIpc) is 2.94. The molecule has 5 rings (SSSR count). The molecule has 0 fully saturated rings. The summed E-state index contributed by atoms with van der Waals surface area (Å²) < 4.78 is 0. The van der Waals surface area contributed by atoms with Gasteiger partial charge < -0.3 is 5.32 Å². The van der Waals surface area contributed by atoms with Crippen molar-refractivity contribution < 1.29 is 9.59 Å². The van der Waals surface area contributed by atoms with Gasteiger partial charge in [0.25, 0.3) is 5.91 Å². The highest BCUT2D eigenvalue weighted by Gasteiger charge is 2.25. The molecular formula is C30H21N3O2. The molecule has 0 atom stereocenters. The van der Waals surface area contributed by atoms with Crippen LogP contribution in [0.2, 0.25) is 0 Å². The first-order valence-electron chi connectivity index (χ1n) is 11.2. The monoisotopic (exact) mass is 455 g/mol.